The van der Waals surface area contributed by atoms with Gasteiger partial charge in [-0.05, 0) is 24.3 Å². The topological polar surface area (TPSA) is 109 Å². The molecule has 0 aliphatic rings. The average Bonchev–Trinajstić information content (AvgIpc) is 2.84. The second-order valence-electron chi connectivity index (χ2n) is 3.61. The van der Waals surface area contributed by atoms with Gasteiger partial charge in [0.1, 0.15) is 0 Å². The monoisotopic (exact) mass is 409 g/mol. The number of hydrogen-bond acceptors (Lipinski definition) is 7. The molecule has 1 aromatic heterocycles. The van der Waals surface area contributed by atoms with Crippen LogP contribution >= 0.6 is 39.0 Å². The third-order valence-electron chi connectivity index (χ3n) is 2.07. The van der Waals surface area contributed by atoms with Gasteiger partial charge in [-0.2, -0.15) is 0 Å². The first-order valence-electron chi connectivity index (χ1n) is 5.33. The third kappa shape index (κ3) is 4.66. The highest BCUT2D eigenvalue weighted by Crippen LogP contribution is 2.27. The van der Waals surface area contributed by atoms with Crippen molar-refractivity contribution in [2.45, 2.75) is 9.24 Å². The van der Waals surface area contributed by atoms with Crippen LogP contribution in [0.3, 0.4) is 0 Å². The summed E-state index contributed by atoms with van der Waals surface area (Å²) in [4.78, 5) is 10.5. The number of benzene rings is 1. The lowest BCUT2D eigenvalue weighted by Gasteiger charge is -2.04. The first-order valence-corrected chi connectivity index (χ1v) is 9.41. The van der Waals surface area contributed by atoms with Gasteiger partial charge < -0.3 is 5.11 Å². The number of carboxylic acids is 1. The number of thioether (sulfide) groups is 1. The Labute approximate surface area is 137 Å². The summed E-state index contributed by atoms with van der Waals surface area (Å²) in [5.74, 6) is -1.14. The molecule has 2 rings (SSSR count). The molecule has 0 unspecified atom stereocenters. The minimum absolute atomic E-state index is 0.0887. The molecule has 0 radical (unpaired) electrons. The van der Waals surface area contributed by atoms with Gasteiger partial charge in [0.15, 0.2) is 4.34 Å². The molecule has 0 fully saturated rings. The Morgan fingerprint density at radius 1 is 1.33 bits per heavy atom. The minimum atomic E-state index is -3.74. The molecule has 0 aliphatic heterocycles. The minimum Gasteiger partial charge on any atom is -0.481 e. The second kappa shape index (κ2) is 6.73. The Bertz CT molecular complexity index is 745. The first-order chi connectivity index (χ1) is 9.87. The lowest BCUT2D eigenvalue weighted by atomic mass is 10.4. The van der Waals surface area contributed by atoms with Gasteiger partial charge >= 0.3 is 5.97 Å². The van der Waals surface area contributed by atoms with E-state index < -0.39 is 16.0 Å². The van der Waals surface area contributed by atoms with Crippen LogP contribution < -0.4 is 4.72 Å². The van der Waals surface area contributed by atoms with Crippen LogP contribution in [0, 0.1) is 0 Å². The zero-order valence-corrected chi connectivity index (χ0v) is 14.2. The number of anilines is 1. The number of carboxylic acid groups (broad SMARTS) is 1. The summed E-state index contributed by atoms with van der Waals surface area (Å²) in [6.45, 7) is 0. The zero-order chi connectivity index (χ0) is 15.5. The molecule has 0 amide bonds. The maximum atomic E-state index is 12.1. The van der Waals surface area contributed by atoms with Crippen molar-refractivity contribution in [2.75, 3.05) is 10.5 Å². The smallest absolute Gasteiger partial charge is 0.313 e. The Hall–Kier alpha value is -1.17. The van der Waals surface area contributed by atoms with Crippen LogP contribution in [-0.4, -0.2) is 35.4 Å². The number of hydrogen-bond donors (Lipinski definition) is 2. The van der Waals surface area contributed by atoms with E-state index in [0.29, 0.717) is 4.34 Å². The summed E-state index contributed by atoms with van der Waals surface area (Å²) < 4.78 is 27.7. The molecule has 2 N–H and O–H groups in total. The Kier molecular flexibility index (Phi) is 5.19. The third-order valence-corrected chi connectivity index (χ3v) is 6.04. The maximum absolute atomic E-state index is 12.1. The predicted molar refractivity (Wildman–Crippen MR) is 83.2 cm³/mol. The van der Waals surface area contributed by atoms with Gasteiger partial charge in [0.2, 0.25) is 5.13 Å². The molecule has 0 spiro atoms. The van der Waals surface area contributed by atoms with Gasteiger partial charge in [-0.15, -0.1) is 10.2 Å². The molecule has 112 valence electrons. The lowest BCUT2D eigenvalue weighted by molar-refractivity contribution is -0.133. The summed E-state index contributed by atoms with van der Waals surface area (Å²) in [6.07, 6.45) is 0. The van der Waals surface area contributed by atoms with Crippen molar-refractivity contribution in [1.29, 1.82) is 0 Å². The second-order valence-corrected chi connectivity index (χ2v) is 8.41. The highest BCUT2D eigenvalue weighted by atomic mass is 79.9. The van der Waals surface area contributed by atoms with E-state index in [9.17, 15) is 13.2 Å². The lowest BCUT2D eigenvalue weighted by Crippen LogP contribution is -2.12. The van der Waals surface area contributed by atoms with Crippen LogP contribution in [0.5, 0.6) is 0 Å². The SMILES string of the molecule is O=C(O)CSc1nnc(NS(=O)(=O)c2ccc(Br)cc2)s1. The molecule has 0 aliphatic carbocycles. The molecule has 1 heterocycles. The summed E-state index contributed by atoms with van der Waals surface area (Å²) in [5.41, 5.74) is 0. The van der Waals surface area contributed by atoms with E-state index >= 15 is 0 Å². The van der Waals surface area contributed by atoms with E-state index in [1.807, 2.05) is 0 Å². The summed E-state index contributed by atoms with van der Waals surface area (Å²) >= 11 is 5.18. The number of aromatic nitrogens is 2. The van der Waals surface area contributed by atoms with E-state index in [1.165, 1.54) is 12.1 Å². The molecule has 2 aromatic rings. The van der Waals surface area contributed by atoms with Crippen molar-refractivity contribution < 1.29 is 18.3 Å². The van der Waals surface area contributed by atoms with Crippen molar-refractivity contribution in [3.05, 3.63) is 28.7 Å². The Morgan fingerprint density at radius 3 is 2.62 bits per heavy atom. The molecule has 0 bridgehead atoms. The molecular weight excluding hydrogens is 402 g/mol. The van der Waals surface area contributed by atoms with Gasteiger partial charge in [-0.25, -0.2) is 8.42 Å². The largest absolute Gasteiger partial charge is 0.481 e. The normalized spacial score (nSPS) is 11.3. The van der Waals surface area contributed by atoms with Crippen LogP contribution in [0.4, 0.5) is 5.13 Å². The summed E-state index contributed by atoms with van der Waals surface area (Å²) in [7, 11) is -3.74. The molecule has 7 nitrogen and oxygen atoms in total. The van der Waals surface area contributed by atoms with Gasteiger partial charge in [0.05, 0.1) is 10.6 Å². The van der Waals surface area contributed by atoms with Gasteiger partial charge in [-0.1, -0.05) is 39.0 Å². The fourth-order valence-electron chi connectivity index (χ4n) is 1.22. The van der Waals surface area contributed by atoms with Crippen molar-refractivity contribution in [1.82, 2.24) is 10.2 Å². The summed E-state index contributed by atoms with van der Waals surface area (Å²) in [5, 5.41) is 16.0. The fraction of sp³-hybridized carbons (Fsp3) is 0.100. The van der Waals surface area contributed by atoms with E-state index in [4.69, 9.17) is 5.11 Å². The first kappa shape index (κ1) is 16.2. The van der Waals surface area contributed by atoms with Gasteiger partial charge in [0, 0.05) is 4.47 Å². The molecule has 0 saturated heterocycles. The van der Waals surface area contributed by atoms with Crippen LogP contribution in [0.1, 0.15) is 0 Å². The Balaban J connectivity index is 2.10. The van der Waals surface area contributed by atoms with Crippen molar-refractivity contribution in [3.63, 3.8) is 0 Å². The van der Waals surface area contributed by atoms with E-state index in [1.54, 1.807) is 12.1 Å². The quantitative estimate of drug-likeness (QED) is 0.703. The molecule has 1 aromatic carbocycles. The van der Waals surface area contributed by atoms with Crippen LogP contribution in [-0.2, 0) is 14.8 Å². The molecule has 0 saturated carbocycles. The van der Waals surface area contributed by atoms with Crippen LogP contribution in [0.2, 0.25) is 0 Å². The molecular formula is C10H8BrN3O4S3. The zero-order valence-electron chi connectivity index (χ0n) is 10.2. The number of nitrogens with one attached hydrogen (secondary N) is 1. The van der Waals surface area contributed by atoms with Gasteiger partial charge in [0.25, 0.3) is 10.0 Å². The number of sulfonamides is 1. The number of nitrogens with zero attached hydrogens (tertiary/aromatic N) is 2. The van der Waals surface area contributed by atoms with Crippen molar-refractivity contribution in [3.8, 4) is 0 Å². The molecule has 21 heavy (non-hydrogen) atoms. The predicted octanol–water partition coefficient (Wildman–Crippen LogP) is 2.28. The van der Waals surface area contributed by atoms with E-state index in [0.717, 1.165) is 27.6 Å². The highest BCUT2D eigenvalue weighted by molar-refractivity contribution is 9.10. The molecule has 0 atom stereocenters. The molecule has 11 heteroatoms. The summed E-state index contributed by atoms with van der Waals surface area (Å²) in [6, 6.07) is 6.13. The van der Waals surface area contributed by atoms with Crippen molar-refractivity contribution in [2.24, 2.45) is 0 Å². The number of rotatable bonds is 6. The standard InChI is InChI=1S/C10H8BrN3O4S3/c11-6-1-3-7(4-2-6)21(17,18)14-9-12-13-10(20-9)19-5-8(15)16/h1-4H,5H2,(H,12,14)(H,15,16). The van der Waals surface area contributed by atoms with E-state index in [2.05, 4.69) is 30.8 Å². The fourth-order valence-corrected chi connectivity index (χ4v) is 4.19. The van der Waals surface area contributed by atoms with Crippen LogP contribution in [0.15, 0.2) is 38.0 Å². The number of aliphatic carboxylic acids is 1. The van der Waals surface area contributed by atoms with Gasteiger partial charge in [-0.3, -0.25) is 9.52 Å². The van der Waals surface area contributed by atoms with E-state index in [-0.39, 0.29) is 15.8 Å². The average molecular weight is 410 g/mol. The highest BCUT2D eigenvalue weighted by Gasteiger charge is 2.17. The number of carbonyl (C=O) groups is 1. The number of halogens is 1. The van der Waals surface area contributed by atoms with Crippen molar-refractivity contribution >= 4 is 60.2 Å². The van der Waals surface area contributed by atoms with Crippen LogP contribution in [0.25, 0.3) is 0 Å². The maximum Gasteiger partial charge on any atom is 0.313 e. The Morgan fingerprint density at radius 2 is 2.00 bits per heavy atom.